The normalized spacial score (nSPS) is 11.5. The lowest BCUT2D eigenvalue weighted by molar-refractivity contribution is -0.119. The van der Waals surface area contributed by atoms with Crippen molar-refractivity contribution in [1.29, 1.82) is 0 Å². The predicted octanol–water partition coefficient (Wildman–Crippen LogP) is 1.79. The van der Waals surface area contributed by atoms with Crippen LogP contribution in [-0.2, 0) is 11.3 Å². The summed E-state index contributed by atoms with van der Waals surface area (Å²) in [7, 11) is 0. The fourth-order valence-corrected chi connectivity index (χ4v) is 1.78. The van der Waals surface area contributed by atoms with Crippen LogP contribution in [0.3, 0.4) is 0 Å². The van der Waals surface area contributed by atoms with Crippen molar-refractivity contribution in [1.82, 2.24) is 5.32 Å². The molecule has 0 atom stereocenters. The molecule has 0 spiro atoms. The van der Waals surface area contributed by atoms with Gasteiger partial charge >= 0.3 is 0 Å². The molecule has 0 heterocycles. The zero-order chi connectivity index (χ0) is 13.1. The molecule has 1 amide bonds. The van der Waals surface area contributed by atoms with Crippen LogP contribution < -0.4 is 11.1 Å². The Hall–Kier alpha value is -1.26. The minimum atomic E-state index is -0.433. The Kier molecular flexibility index (Phi) is 4.37. The SMILES string of the molecule is CC(C)(CC(N)=O)NCc1c(O)cccc1Cl. The third kappa shape index (κ3) is 4.24. The molecule has 17 heavy (non-hydrogen) atoms. The molecule has 0 unspecified atom stereocenters. The number of aromatic hydroxyl groups is 1. The van der Waals surface area contributed by atoms with Crippen LogP contribution in [0.5, 0.6) is 5.75 Å². The minimum absolute atomic E-state index is 0.139. The Balaban J connectivity index is 2.70. The zero-order valence-corrected chi connectivity index (χ0v) is 10.7. The lowest BCUT2D eigenvalue weighted by Gasteiger charge is -2.25. The number of hydrogen-bond acceptors (Lipinski definition) is 3. The van der Waals surface area contributed by atoms with Crippen LogP contribution in [0.2, 0.25) is 5.02 Å². The van der Waals surface area contributed by atoms with Crippen molar-refractivity contribution in [2.75, 3.05) is 0 Å². The molecule has 0 aromatic heterocycles. The molecule has 5 heteroatoms. The molecule has 0 aliphatic carbocycles. The number of primary amides is 1. The van der Waals surface area contributed by atoms with E-state index < -0.39 is 5.54 Å². The van der Waals surface area contributed by atoms with E-state index in [1.54, 1.807) is 18.2 Å². The Morgan fingerprint density at radius 3 is 2.71 bits per heavy atom. The number of hydrogen-bond donors (Lipinski definition) is 3. The van der Waals surface area contributed by atoms with E-state index in [0.29, 0.717) is 17.1 Å². The molecule has 1 rings (SSSR count). The second-order valence-corrected chi connectivity index (χ2v) is 5.03. The quantitative estimate of drug-likeness (QED) is 0.752. The predicted molar refractivity (Wildman–Crippen MR) is 67.8 cm³/mol. The van der Waals surface area contributed by atoms with Crippen LogP contribution in [0.25, 0.3) is 0 Å². The molecule has 0 saturated carbocycles. The number of rotatable bonds is 5. The van der Waals surface area contributed by atoms with Gasteiger partial charge in [-0.3, -0.25) is 4.79 Å². The Morgan fingerprint density at radius 2 is 2.18 bits per heavy atom. The van der Waals surface area contributed by atoms with Crippen molar-refractivity contribution in [3.8, 4) is 5.75 Å². The molecular formula is C12H17ClN2O2. The van der Waals surface area contributed by atoms with Crippen LogP contribution in [0.1, 0.15) is 25.8 Å². The molecular weight excluding hydrogens is 240 g/mol. The highest BCUT2D eigenvalue weighted by Crippen LogP contribution is 2.25. The van der Waals surface area contributed by atoms with Gasteiger partial charge in [-0.25, -0.2) is 0 Å². The average molecular weight is 257 g/mol. The number of carbonyl (C=O) groups excluding carboxylic acids is 1. The number of nitrogens with two attached hydrogens (primary N) is 1. The zero-order valence-electron chi connectivity index (χ0n) is 9.96. The van der Waals surface area contributed by atoms with Gasteiger partial charge in [-0.1, -0.05) is 17.7 Å². The molecule has 94 valence electrons. The molecule has 0 saturated heterocycles. The smallest absolute Gasteiger partial charge is 0.219 e. The Bertz CT molecular complexity index is 399. The molecule has 0 bridgehead atoms. The van der Waals surface area contributed by atoms with Crippen molar-refractivity contribution in [2.24, 2.45) is 5.73 Å². The van der Waals surface area contributed by atoms with E-state index in [9.17, 15) is 9.90 Å². The van der Waals surface area contributed by atoms with Gasteiger partial charge in [0.1, 0.15) is 5.75 Å². The topological polar surface area (TPSA) is 75.4 Å². The summed E-state index contributed by atoms with van der Waals surface area (Å²) in [6.45, 7) is 4.11. The average Bonchev–Trinajstić information content (AvgIpc) is 2.14. The standard InChI is InChI=1S/C12H17ClN2O2/c1-12(2,6-11(14)17)15-7-8-9(13)4-3-5-10(8)16/h3-5,15-16H,6-7H2,1-2H3,(H2,14,17). The highest BCUT2D eigenvalue weighted by molar-refractivity contribution is 6.31. The summed E-state index contributed by atoms with van der Waals surface area (Å²) < 4.78 is 0. The maximum atomic E-state index is 10.9. The van der Waals surface area contributed by atoms with Crippen LogP contribution >= 0.6 is 11.6 Å². The molecule has 0 aliphatic rings. The molecule has 0 aliphatic heterocycles. The fourth-order valence-electron chi connectivity index (χ4n) is 1.55. The molecule has 1 aromatic rings. The first-order chi connectivity index (χ1) is 7.82. The van der Waals surface area contributed by atoms with Crippen molar-refractivity contribution < 1.29 is 9.90 Å². The van der Waals surface area contributed by atoms with Crippen molar-refractivity contribution >= 4 is 17.5 Å². The third-order valence-corrected chi connectivity index (χ3v) is 2.81. The summed E-state index contributed by atoms with van der Waals surface area (Å²) in [5, 5.41) is 13.3. The maximum Gasteiger partial charge on any atom is 0.219 e. The van der Waals surface area contributed by atoms with Crippen molar-refractivity contribution in [2.45, 2.75) is 32.4 Å². The summed E-state index contributed by atoms with van der Waals surface area (Å²) in [6.07, 6.45) is 0.220. The minimum Gasteiger partial charge on any atom is -0.508 e. The van der Waals surface area contributed by atoms with E-state index in [1.807, 2.05) is 13.8 Å². The lowest BCUT2D eigenvalue weighted by Crippen LogP contribution is -2.42. The Morgan fingerprint density at radius 1 is 1.53 bits per heavy atom. The van der Waals surface area contributed by atoms with Gasteiger partial charge < -0.3 is 16.2 Å². The fraction of sp³-hybridized carbons (Fsp3) is 0.417. The largest absolute Gasteiger partial charge is 0.508 e. The summed E-state index contributed by atoms with van der Waals surface area (Å²) in [4.78, 5) is 10.9. The van der Waals surface area contributed by atoms with Gasteiger partial charge in [0.25, 0.3) is 0 Å². The van der Waals surface area contributed by atoms with Gasteiger partial charge in [0, 0.05) is 29.1 Å². The first-order valence-electron chi connectivity index (χ1n) is 5.31. The maximum absolute atomic E-state index is 10.9. The summed E-state index contributed by atoms with van der Waals surface area (Å²) >= 11 is 5.97. The van der Waals surface area contributed by atoms with Gasteiger partial charge in [0.2, 0.25) is 5.91 Å². The third-order valence-electron chi connectivity index (χ3n) is 2.45. The van der Waals surface area contributed by atoms with Crippen LogP contribution in [0.15, 0.2) is 18.2 Å². The van der Waals surface area contributed by atoms with Gasteiger partial charge in [-0.15, -0.1) is 0 Å². The summed E-state index contributed by atoms with van der Waals surface area (Å²) in [6, 6.07) is 4.96. The number of carbonyl (C=O) groups is 1. The van der Waals surface area contributed by atoms with Crippen molar-refractivity contribution in [3.05, 3.63) is 28.8 Å². The second-order valence-electron chi connectivity index (χ2n) is 4.62. The highest BCUT2D eigenvalue weighted by atomic mass is 35.5. The van der Waals surface area contributed by atoms with E-state index in [-0.39, 0.29) is 18.1 Å². The number of phenolic OH excluding ortho intramolecular Hbond substituents is 1. The summed E-state index contributed by atoms with van der Waals surface area (Å²) in [5.41, 5.74) is 5.34. The van der Waals surface area contributed by atoms with Gasteiger partial charge in [0.15, 0.2) is 0 Å². The van der Waals surface area contributed by atoms with Gasteiger partial charge in [-0.05, 0) is 26.0 Å². The molecule has 0 fully saturated rings. The van der Waals surface area contributed by atoms with Crippen LogP contribution in [0, 0.1) is 0 Å². The number of benzene rings is 1. The van der Waals surface area contributed by atoms with Crippen LogP contribution in [0.4, 0.5) is 0 Å². The van der Waals surface area contributed by atoms with E-state index in [0.717, 1.165) is 0 Å². The number of nitrogens with one attached hydrogen (secondary N) is 1. The van der Waals surface area contributed by atoms with Crippen LogP contribution in [-0.4, -0.2) is 16.6 Å². The first kappa shape index (κ1) is 13.8. The van der Waals surface area contributed by atoms with Gasteiger partial charge in [-0.2, -0.15) is 0 Å². The lowest BCUT2D eigenvalue weighted by atomic mass is 10.00. The molecule has 4 N–H and O–H groups in total. The highest BCUT2D eigenvalue weighted by Gasteiger charge is 2.20. The molecule has 4 nitrogen and oxygen atoms in total. The van der Waals surface area contributed by atoms with E-state index >= 15 is 0 Å². The Labute approximate surface area is 106 Å². The molecule has 0 radical (unpaired) electrons. The number of phenols is 1. The monoisotopic (exact) mass is 256 g/mol. The van der Waals surface area contributed by atoms with E-state index in [1.165, 1.54) is 0 Å². The second kappa shape index (κ2) is 5.38. The first-order valence-corrected chi connectivity index (χ1v) is 5.69. The number of halogens is 1. The van der Waals surface area contributed by atoms with Gasteiger partial charge in [0.05, 0.1) is 0 Å². The number of amides is 1. The van der Waals surface area contributed by atoms with E-state index in [4.69, 9.17) is 17.3 Å². The van der Waals surface area contributed by atoms with Crippen molar-refractivity contribution in [3.63, 3.8) is 0 Å². The van der Waals surface area contributed by atoms with E-state index in [2.05, 4.69) is 5.32 Å². The molecule has 1 aromatic carbocycles. The summed E-state index contributed by atoms with van der Waals surface area (Å²) in [5.74, 6) is -0.231.